The molecule has 0 aromatic carbocycles. The van der Waals surface area contributed by atoms with Crippen LogP contribution in [0.5, 0.6) is 0 Å². The fourth-order valence-corrected chi connectivity index (χ4v) is 2.80. The molecule has 0 spiro atoms. The molecular formula is C16H35IN4. The molecule has 1 heterocycles. The summed E-state index contributed by atoms with van der Waals surface area (Å²) in [6.45, 7) is 14.6. The molecule has 126 valence electrons. The average molecular weight is 410 g/mol. The van der Waals surface area contributed by atoms with Crippen LogP contribution in [-0.2, 0) is 0 Å². The maximum absolute atomic E-state index is 4.79. The number of hydrogen-bond acceptors (Lipinski definition) is 2. The summed E-state index contributed by atoms with van der Waals surface area (Å²) in [6.07, 6.45) is 6.29. The molecule has 1 aliphatic rings. The third-order valence-corrected chi connectivity index (χ3v) is 3.71. The molecular weight excluding hydrogens is 375 g/mol. The van der Waals surface area contributed by atoms with Crippen molar-refractivity contribution in [1.29, 1.82) is 0 Å². The van der Waals surface area contributed by atoms with Crippen LogP contribution in [0.3, 0.4) is 0 Å². The van der Waals surface area contributed by atoms with Gasteiger partial charge in [0, 0.05) is 26.2 Å². The Morgan fingerprint density at radius 3 is 2.19 bits per heavy atom. The first-order valence-corrected chi connectivity index (χ1v) is 8.57. The molecule has 0 aromatic heterocycles. The summed E-state index contributed by atoms with van der Waals surface area (Å²) in [5, 5.41) is 3.43. The van der Waals surface area contributed by atoms with E-state index in [0.29, 0.717) is 0 Å². The topological polar surface area (TPSA) is 30.9 Å². The van der Waals surface area contributed by atoms with Crippen LogP contribution in [0.25, 0.3) is 0 Å². The van der Waals surface area contributed by atoms with E-state index in [2.05, 4.69) is 35.9 Å². The summed E-state index contributed by atoms with van der Waals surface area (Å²) in [6, 6.07) is 0. The van der Waals surface area contributed by atoms with Gasteiger partial charge in [-0.05, 0) is 58.7 Å². The van der Waals surface area contributed by atoms with Gasteiger partial charge in [0.2, 0.25) is 0 Å². The normalized spacial score (nSPS) is 15.4. The Hall–Kier alpha value is -0.0400. The van der Waals surface area contributed by atoms with Crippen LogP contribution in [0.1, 0.15) is 52.9 Å². The van der Waals surface area contributed by atoms with Crippen LogP contribution in [0.4, 0.5) is 0 Å². The minimum Gasteiger partial charge on any atom is -0.357 e. The number of halogens is 1. The summed E-state index contributed by atoms with van der Waals surface area (Å²) in [5.74, 6) is 1.13. The van der Waals surface area contributed by atoms with Crippen molar-refractivity contribution in [3.63, 3.8) is 0 Å². The first kappa shape index (κ1) is 21.0. The van der Waals surface area contributed by atoms with E-state index in [1.165, 1.54) is 64.8 Å². The molecule has 1 N–H and O–H groups in total. The quantitative estimate of drug-likeness (QED) is 0.274. The highest BCUT2D eigenvalue weighted by Crippen LogP contribution is 2.07. The lowest BCUT2D eigenvalue weighted by molar-refractivity contribution is 0.273. The fraction of sp³-hybridized carbons (Fsp3) is 0.938. The summed E-state index contributed by atoms with van der Waals surface area (Å²) in [4.78, 5) is 9.76. The van der Waals surface area contributed by atoms with Crippen molar-refractivity contribution in [3.8, 4) is 0 Å². The molecule has 0 unspecified atom stereocenters. The van der Waals surface area contributed by atoms with Gasteiger partial charge in [-0.3, -0.25) is 4.99 Å². The van der Waals surface area contributed by atoms with Gasteiger partial charge in [0.15, 0.2) is 5.96 Å². The molecule has 0 bridgehead atoms. The van der Waals surface area contributed by atoms with Crippen molar-refractivity contribution >= 4 is 29.9 Å². The summed E-state index contributed by atoms with van der Waals surface area (Å²) in [5.41, 5.74) is 0. The van der Waals surface area contributed by atoms with Gasteiger partial charge in [-0.15, -0.1) is 24.0 Å². The number of guanidine groups is 1. The predicted octanol–water partition coefficient (Wildman–Crippen LogP) is 3.18. The van der Waals surface area contributed by atoms with Crippen molar-refractivity contribution in [3.05, 3.63) is 0 Å². The van der Waals surface area contributed by atoms with E-state index in [1.54, 1.807) is 0 Å². The van der Waals surface area contributed by atoms with Crippen LogP contribution < -0.4 is 5.32 Å². The van der Waals surface area contributed by atoms with Crippen LogP contribution in [-0.4, -0.2) is 61.6 Å². The molecule has 1 saturated heterocycles. The maximum Gasteiger partial charge on any atom is 0.193 e. The zero-order valence-electron chi connectivity index (χ0n) is 14.2. The van der Waals surface area contributed by atoms with E-state index >= 15 is 0 Å². The number of hydrogen-bond donors (Lipinski definition) is 1. The first-order chi connectivity index (χ1) is 9.81. The van der Waals surface area contributed by atoms with Crippen molar-refractivity contribution < 1.29 is 0 Å². The number of nitrogens with zero attached hydrogens (tertiary/aromatic N) is 3. The van der Waals surface area contributed by atoms with Crippen molar-refractivity contribution in [2.45, 2.75) is 52.9 Å². The smallest absolute Gasteiger partial charge is 0.193 e. The summed E-state index contributed by atoms with van der Waals surface area (Å²) < 4.78 is 0. The molecule has 1 rings (SSSR count). The zero-order valence-corrected chi connectivity index (χ0v) is 16.6. The van der Waals surface area contributed by atoms with E-state index in [4.69, 9.17) is 4.99 Å². The summed E-state index contributed by atoms with van der Waals surface area (Å²) >= 11 is 0. The second-order valence-electron chi connectivity index (χ2n) is 5.63. The van der Waals surface area contributed by atoms with Crippen molar-refractivity contribution in [2.75, 3.05) is 45.8 Å². The van der Waals surface area contributed by atoms with Gasteiger partial charge >= 0.3 is 0 Å². The molecule has 1 aliphatic heterocycles. The van der Waals surface area contributed by atoms with Gasteiger partial charge in [0.05, 0.1) is 0 Å². The highest BCUT2D eigenvalue weighted by molar-refractivity contribution is 14.0. The van der Waals surface area contributed by atoms with E-state index in [1.807, 2.05) is 0 Å². The second-order valence-corrected chi connectivity index (χ2v) is 5.63. The standard InChI is InChI=1S/C16H34N4.HI/c1-4-11-19(12-5-2)13-9-10-18-16(17-6-3)20-14-7-8-15-20;/h4-15H2,1-3H3,(H,17,18);1H. The lowest BCUT2D eigenvalue weighted by Gasteiger charge is -2.22. The number of nitrogens with one attached hydrogen (secondary N) is 1. The average Bonchev–Trinajstić information content (AvgIpc) is 2.96. The minimum absolute atomic E-state index is 0. The highest BCUT2D eigenvalue weighted by Gasteiger charge is 2.15. The van der Waals surface area contributed by atoms with Crippen molar-refractivity contribution in [1.82, 2.24) is 15.1 Å². The molecule has 0 amide bonds. The molecule has 0 aliphatic carbocycles. The molecule has 0 radical (unpaired) electrons. The van der Waals surface area contributed by atoms with Crippen LogP contribution >= 0.6 is 24.0 Å². The second kappa shape index (κ2) is 13.6. The Morgan fingerprint density at radius 1 is 1.05 bits per heavy atom. The Labute approximate surface area is 148 Å². The van der Waals surface area contributed by atoms with Gasteiger partial charge in [0.25, 0.3) is 0 Å². The van der Waals surface area contributed by atoms with Crippen molar-refractivity contribution in [2.24, 2.45) is 4.99 Å². The summed E-state index contributed by atoms with van der Waals surface area (Å²) in [7, 11) is 0. The first-order valence-electron chi connectivity index (χ1n) is 8.57. The van der Waals surface area contributed by atoms with Gasteiger partial charge in [0.1, 0.15) is 0 Å². The van der Waals surface area contributed by atoms with Gasteiger partial charge in [-0.2, -0.15) is 0 Å². The molecule has 5 heteroatoms. The van der Waals surface area contributed by atoms with Gasteiger partial charge < -0.3 is 15.1 Å². The number of likely N-dealkylation sites (tertiary alicyclic amines) is 1. The number of rotatable bonds is 9. The van der Waals surface area contributed by atoms with Crippen LogP contribution in [0.15, 0.2) is 4.99 Å². The SMILES string of the molecule is CCCN(CCC)CCCN=C(NCC)N1CCCC1.I. The Kier molecular flexibility index (Phi) is 13.6. The van der Waals surface area contributed by atoms with E-state index in [0.717, 1.165) is 19.0 Å². The monoisotopic (exact) mass is 410 g/mol. The third kappa shape index (κ3) is 8.86. The van der Waals surface area contributed by atoms with Gasteiger partial charge in [-0.25, -0.2) is 0 Å². The molecule has 0 saturated carbocycles. The Bertz CT molecular complexity index is 259. The van der Waals surface area contributed by atoms with E-state index < -0.39 is 0 Å². The molecule has 0 atom stereocenters. The lowest BCUT2D eigenvalue weighted by atomic mass is 10.3. The molecule has 21 heavy (non-hydrogen) atoms. The van der Waals surface area contributed by atoms with E-state index in [9.17, 15) is 0 Å². The molecule has 0 aromatic rings. The lowest BCUT2D eigenvalue weighted by Crippen LogP contribution is -2.39. The van der Waals surface area contributed by atoms with Gasteiger partial charge in [-0.1, -0.05) is 13.8 Å². The highest BCUT2D eigenvalue weighted by atomic mass is 127. The molecule has 1 fully saturated rings. The minimum atomic E-state index is 0. The zero-order chi connectivity index (χ0) is 14.6. The molecule has 4 nitrogen and oxygen atoms in total. The number of aliphatic imine (C=N–C) groups is 1. The third-order valence-electron chi connectivity index (χ3n) is 3.71. The fourth-order valence-electron chi connectivity index (χ4n) is 2.80. The van der Waals surface area contributed by atoms with E-state index in [-0.39, 0.29) is 24.0 Å². The Morgan fingerprint density at radius 2 is 1.67 bits per heavy atom. The maximum atomic E-state index is 4.79. The van der Waals surface area contributed by atoms with Crippen LogP contribution in [0.2, 0.25) is 0 Å². The largest absolute Gasteiger partial charge is 0.357 e. The van der Waals surface area contributed by atoms with Crippen LogP contribution in [0, 0.1) is 0 Å². The predicted molar refractivity (Wildman–Crippen MR) is 104 cm³/mol. The Balaban J connectivity index is 0.00000400.